The molecule has 1 aromatic carbocycles. The smallest absolute Gasteiger partial charge is 0.304 e. The van der Waals surface area contributed by atoms with Crippen molar-refractivity contribution in [2.75, 3.05) is 7.11 Å². The molecule has 1 N–H and O–H groups in total. The summed E-state index contributed by atoms with van der Waals surface area (Å²) in [6, 6.07) is 2.59. The predicted octanol–water partition coefficient (Wildman–Crippen LogP) is 2.62. The van der Waals surface area contributed by atoms with Crippen molar-refractivity contribution in [1.29, 1.82) is 0 Å². The zero-order valence-corrected chi connectivity index (χ0v) is 10.0. The molecule has 0 saturated heterocycles. The number of carbonyl (C=O) groups is 1. The molecule has 0 radical (unpaired) electrons. The largest absolute Gasteiger partial charge is 0.481 e. The van der Waals surface area contributed by atoms with Crippen LogP contribution in [0.5, 0.6) is 0 Å². The van der Waals surface area contributed by atoms with Gasteiger partial charge in [0.15, 0.2) is 11.6 Å². The summed E-state index contributed by atoms with van der Waals surface area (Å²) in [4.78, 5) is 10.8. The first kappa shape index (κ1) is 13.0. The number of rotatable bonds is 5. The Hall–Kier alpha value is -1.49. The van der Waals surface area contributed by atoms with Gasteiger partial charge in [-0.2, -0.15) is 0 Å². The summed E-state index contributed by atoms with van der Waals surface area (Å²) >= 11 is 0. The molecule has 18 heavy (non-hydrogen) atoms. The zero-order chi connectivity index (χ0) is 13.3. The van der Waals surface area contributed by atoms with Crippen LogP contribution in [0.1, 0.15) is 30.4 Å². The van der Waals surface area contributed by atoms with Crippen LogP contribution in [0.25, 0.3) is 0 Å². The van der Waals surface area contributed by atoms with Crippen LogP contribution in [-0.4, -0.2) is 18.2 Å². The number of carboxylic acid groups (broad SMARTS) is 1. The quantitative estimate of drug-likeness (QED) is 0.880. The van der Waals surface area contributed by atoms with E-state index in [0.29, 0.717) is 18.4 Å². The van der Waals surface area contributed by atoms with E-state index in [1.165, 1.54) is 13.2 Å². The molecule has 98 valence electrons. The number of methoxy groups -OCH3 is 1. The molecule has 0 aliphatic heterocycles. The van der Waals surface area contributed by atoms with Crippen LogP contribution >= 0.6 is 0 Å². The van der Waals surface area contributed by atoms with E-state index in [9.17, 15) is 13.6 Å². The van der Waals surface area contributed by atoms with Crippen LogP contribution in [0.3, 0.4) is 0 Å². The van der Waals surface area contributed by atoms with Crippen LogP contribution in [-0.2, 0) is 21.6 Å². The fraction of sp³-hybridized carbons (Fsp3) is 0.462. The van der Waals surface area contributed by atoms with Crippen molar-refractivity contribution in [1.82, 2.24) is 0 Å². The Bertz CT molecular complexity index is 481. The number of hydrogen-bond acceptors (Lipinski definition) is 2. The first-order chi connectivity index (χ1) is 8.48. The van der Waals surface area contributed by atoms with Crippen LogP contribution in [0.15, 0.2) is 12.1 Å². The fourth-order valence-corrected chi connectivity index (χ4v) is 2.26. The summed E-state index contributed by atoms with van der Waals surface area (Å²) in [7, 11) is 1.46. The standard InChI is InChI=1S/C13H14F2O3/c1-18-7-8-4-9(12(15)10(14)5-8)13(2-3-13)6-11(16)17/h4-5H,2-3,6-7H2,1H3,(H,16,17). The number of benzene rings is 1. The number of aliphatic carboxylic acids is 1. The van der Waals surface area contributed by atoms with Gasteiger partial charge in [0.25, 0.3) is 0 Å². The van der Waals surface area contributed by atoms with E-state index in [0.717, 1.165) is 6.07 Å². The van der Waals surface area contributed by atoms with Gasteiger partial charge in [-0.05, 0) is 36.1 Å². The number of ether oxygens (including phenoxy) is 1. The molecule has 0 unspecified atom stereocenters. The van der Waals surface area contributed by atoms with E-state index in [2.05, 4.69) is 0 Å². The maximum atomic E-state index is 13.8. The van der Waals surface area contributed by atoms with Crippen molar-refractivity contribution >= 4 is 5.97 Å². The van der Waals surface area contributed by atoms with Crippen LogP contribution in [0.4, 0.5) is 8.78 Å². The Morgan fingerprint density at radius 1 is 1.44 bits per heavy atom. The molecule has 2 rings (SSSR count). The normalized spacial score (nSPS) is 16.6. The van der Waals surface area contributed by atoms with Crippen LogP contribution in [0, 0.1) is 11.6 Å². The highest BCUT2D eigenvalue weighted by Gasteiger charge is 2.48. The van der Waals surface area contributed by atoms with Gasteiger partial charge in [-0.3, -0.25) is 4.79 Å². The average Bonchev–Trinajstić information content (AvgIpc) is 3.03. The van der Waals surface area contributed by atoms with Crippen molar-refractivity contribution in [3.63, 3.8) is 0 Å². The maximum Gasteiger partial charge on any atom is 0.304 e. The van der Waals surface area contributed by atoms with Gasteiger partial charge in [0, 0.05) is 12.5 Å². The summed E-state index contributed by atoms with van der Waals surface area (Å²) in [5, 5.41) is 8.84. The fourth-order valence-electron chi connectivity index (χ4n) is 2.26. The predicted molar refractivity (Wildman–Crippen MR) is 60.2 cm³/mol. The highest BCUT2D eigenvalue weighted by atomic mass is 19.2. The minimum atomic E-state index is -0.996. The van der Waals surface area contributed by atoms with E-state index < -0.39 is 23.0 Å². The first-order valence-corrected chi connectivity index (χ1v) is 5.68. The molecule has 1 aliphatic rings. The zero-order valence-electron chi connectivity index (χ0n) is 10.0. The molecule has 0 atom stereocenters. The number of carboxylic acids is 1. The van der Waals surface area contributed by atoms with Crippen LogP contribution in [0.2, 0.25) is 0 Å². The molecular formula is C13H14F2O3. The van der Waals surface area contributed by atoms with Crippen molar-refractivity contribution in [3.05, 3.63) is 34.9 Å². The van der Waals surface area contributed by atoms with Gasteiger partial charge in [-0.15, -0.1) is 0 Å². The van der Waals surface area contributed by atoms with E-state index >= 15 is 0 Å². The van der Waals surface area contributed by atoms with Crippen molar-refractivity contribution in [3.8, 4) is 0 Å². The molecule has 0 spiro atoms. The second kappa shape index (κ2) is 4.65. The summed E-state index contributed by atoms with van der Waals surface area (Å²) < 4.78 is 32.2. The highest BCUT2D eigenvalue weighted by molar-refractivity contribution is 5.70. The lowest BCUT2D eigenvalue weighted by Gasteiger charge is -2.16. The van der Waals surface area contributed by atoms with Gasteiger partial charge in [-0.1, -0.05) is 0 Å². The minimum absolute atomic E-state index is 0.164. The van der Waals surface area contributed by atoms with E-state index in [-0.39, 0.29) is 18.6 Å². The maximum absolute atomic E-state index is 13.8. The Labute approximate surface area is 103 Å². The molecule has 0 heterocycles. The second-order valence-corrected chi connectivity index (χ2v) is 4.72. The lowest BCUT2D eigenvalue weighted by Crippen LogP contribution is -2.16. The summed E-state index contributed by atoms with van der Waals surface area (Å²) in [6.45, 7) is 0.174. The molecular weight excluding hydrogens is 242 g/mol. The van der Waals surface area contributed by atoms with Gasteiger partial charge < -0.3 is 9.84 Å². The number of hydrogen-bond donors (Lipinski definition) is 1. The Morgan fingerprint density at radius 3 is 2.61 bits per heavy atom. The lowest BCUT2D eigenvalue weighted by molar-refractivity contribution is -0.137. The van der Waals surface area contributed by atoms with Gasteiger partial charge in [0.2, 0.25) is 0 Å². The molecule has 3 nitrogen and oxygen atoms in total. The SMILES string of the molecule is COCc1cc(F)c(F)c(C2(CC(=O)O)CC2)c1. The second-order valence-electron chi connectivity index (χ2n) is 4.72. The topological polar surface area (TPSA) is 46.5 Å². The van der Waals surface area contributed by atoms with E-state index in [1.54, 1.807) is 0 Å². The molecule has 1 aliphatic carbocycles. The first-order valence-electron chi connectivity index (χ1n) is 5.68. The third kappa shape index (κ3) is 2.36. The van der Waals surface area contributed by atoms with Crippen molar-refractivity contribution < 1.29 is 23.4 Å². The molecule has 1 fully saturated rings. The molecule has 0 bridgehead atoms. The third-order valence-corrected chi connectivity index (χ3v) is 3.31. The molecule has 5 heteroatoms. The number of halogens is 2. The molecule has 0 aromatic heterocycles. The average molecular weight is 256 g/mol. The lowest BCUT2D eigenvalue weighted by atomic mass is 9.90. The summed E-state index contributed by atoms with van der Waals surface area (Å²) in [6.07, 6.45) is 0.984. The van der Waals surface area contributed by atoms with Crippen molar-refractivity contribution in [2.24, 2.45) is 0 Å². The Balaban J connectivity index is 2.40. The molecule has 1 saturated carbocycles. The highest BCUT2D eigenvalue weighted by Crippen LogP contribution is 2.52. The van der Waals surface area contributed by atoms with Crippen molar-refractivity contribution in [2.45, 2.75) is 31.3 Å². The van der Waals surface area contributed by atoms with E-state index in [1.807, 2.05) is 0 Å². The Morgan fingerprint density at radius 2 is 2.11 bits per heavy atom. The van der Waals surface area contributed by atoms with E-state index in [4.69, 9.17) is 9.84 Å². The van der Waals surface area contributed by atoms with Crippen LogP contribution < -0.4 is 0 Å². The molecule has 0 amide bonds. The summed E-state index contributed by atoms with van der Waals surface area (Å²) in [5.41, 5.74) is -0.0550. The van der Waals surface area contributed by atoms with Gasteiger partial charge >= 0.3 is 5.97 Å². The third-order valence-electron chi connectivity index (χ3n) is 3.31. The Kier molecular flexibility index (Phi) is 3.34. The minimum Gasteiger partial charge on any atom is -0.481 e. The van der Waals surface area contributed by atoms with Gasteiger partial charge in [0.1, 0.15) is 0 Å². The van der Waals surface area contributed by atoms with Gasteiger partial charge in [-0.25, -0.2) is 8.78 Å². The molecule has 1 aromatic rings. The monoisotopic (exact) mass is 256 g/mol. The summed E-state index contributed by atoms with van der Waals surface area (Å²) in [5.74, 6) is -2.88. The van der Waals surface area contributed by atoms with Gasteiger partial charge in [0.05, 0.1) is 13.0 Å².